The first-order valence-corrected chi connectivity index (χ1v) is 24.7. The van der Waals surface area contributed by atoms with E-state index in [0.29, 0.717) is 30.7 Å². The van der Waals surface area contributed by atoms with Gasteiger partial charge in [-0.1, -0.05) is 19.9 Å². The van der Waals surface area contributed by atoms with Gasteiger partial charge in [-0.05, 0) is 196 Å². The number of hydrogen-bond acceptors (Lipinski definition) is 15. The summed E-state index contributed by atoms with van der Waals surface area (Å²) >= 11 is 0. The van der Waals surface area contributed by atoms with E-state index in [1.54, 1.807) is 0 Å². The monoisotopic (exact) mass is 1010 g/mol. The molecule has 2 aromatic rings. The zero-order valence-electron chi connectivity index (χ0n) is 43.6. The molecule has 5 N–H and O–H groups in total. The molecule has 4 aliphatic heterocycles. The molecule has 0 atom stereocenters. The van der Waals surface area contributed by atoms with Crippen LogP contribution in [0.2, 0.25) is 0 Å². The lowest BCUT2D eigenvalue weighted by molar-refractivity contribution is -0.157. The lowest BCUT2D eigenvalue weighted by Gasteiger charge is -2.29. The molecule has 21 heteroatoms. The largest absolute Gasteiger partial charge is 0.460 e. The number of nitrogens with one attached hydrogen (secondary N) is 3. The number of anilines is 3. The number of halogens is 6. The smallest absolute Gasteiger partial charge is 0.422 e. The van der Waals surface area contributed by atoms with Crippen LogP contribution in [0.1, 0.15) is 125 Å². The molecule has 5 heterocycles. The summed E-state index contributed by atoms with van der Waals surface area (Å²) in [7, 11) is 6.24. The molecule has 0 bridgehead atoms. The van der Waals surface area contributed by atoms with E-state index in [2.05, 4.69) is 64.4 Å². The Morgan fingerprint density at radius 2 is 1.14 bits per heavy atom. The summed E-state index contributed by atoms with van der Waals surface area (Å²) in [6.07, 6.45) is 0.317. The Hall–Kier alpha value is -4.05. The van der Waals surface area contributed by atoms with Gasteiger partial charge >= 0.3 is 30.3 Å². The second-order valence-electron chi connectivity index (χ2n) is 20.3. The first kappa shape index (κ1) is 62.1. The molecule has 1 aromatic heterocycles. The summed E-state index contributed by atoms with van der Waals surface area (Å²) in [6.45, 7) is 22.1. The third-order valence-electron chi connectivity index (χ3n) is 11.3. The Balaban J connectivity index is 0.000000358. The Bertz CT molecular complexity index is 1770. The van der Waals surface area contributed by atoms with E-state index in [0.717, 1.165) is 89.9 Å². The zero-order valence-corrected chi connectivity index (χ0v) is 43.6. The van der Waals surface area contributed by atoms with Gasteiger partial charge in [0.05, 0.1) is 5.56 Å². The molecule has 4 saturated heterocycles. The number of alkyl halides is 6. The lowest BCUT2D eigenvalue weighted by Crippen LogP contribution is -2.37. The van der Waals surface area contributed by atoms with Gasteiger partial charge in [0, 0.05) is 30.6 Å². The fourth-order valence-electron chi connectivity index (χ4n) is 7.54. The maximum atomic E-state index is 12.9. The molecular weight excluding hydrogens is 923 g/mol. The van der Waals surface area contributed by atoms with Crippen molar-refractivity contribution in [3.8, 4) is 6.01 Å². The van der Waals surface area contributed by atoms with Crippen LogP contribution in [0.4, 0.5) is 43.9 Å². The maximum absolute atomic E-state index is 12.9. The topological polar surface area (TPSA) is 172 Å². The highest BCUT2D eigenvalue weighted by molar-refractivity contribution is 5.70. The van der Waals surface area contributed by atoms with Crippen LogP contribution in [0.3, 0.4) is 0 Å². The van der Waals surface area contributed by atoms with Gasteiger partial charge in [-0.15, -0.1) is 0 Å². The van der Waals surface area contributed by atoms with Crippen molar-refractivity contribution in [3.05, 3.63) is 29.8 Å². The fraction of sp³-hybridized carbons (Fsp3) is 0.776. The second kappa shape index (κ2) is 30.1. The van der Waals surface area contributed by atoms with Crippen molar-refractivity contribution in [2.75, 3.05) is 90.7 Å². The minimum absolute atomic E-state index is 0.00744. The van der Waals surface area contributed by atoms with Gasteiger partial charge in [-0.25, -0.2) is 0 Å². The highest BCUT2D eigenvalue weighted by Crippen LogP contribution is 2.32. The van der Waals surface area contributed by atoms with Crippen LogP contribution in [0.15, 0.2) is 24.3 Å². The Morgan fingerprint density at radius 3 is 1.60 bits per heavy atom. The number of aromatic nitrogens is 3. The number of piperidine rings is 4. The molecule has 1 aromatic carbocycles. The number of carbonyl (C=O) groups is 2. The molecule has 70 heavy (non-hydrogen) atoms. The fourth-order valence-corrected chi connectivity index (χ4v) is 7.54. The van der Waals surface area contributed by atoms with E-state index in [9.17, 15) is 35.9 Å². The number of likely N-dealkylation sites (tertiary alicyclic amines) is 3. The van der Waals surface area contributed by atoms with Crippen LogP contribution in [0, 0.1) is 11.8 Å². The van der Waals surface area contributed by atoms with Crippen LogP contribution in [0.5, 0.6) is 6.01 Å². The molecule has 0 saturated carbocycles. The van der Waals surface area contributed by atoms with E-state index < -0.39 is 30.5 Å². The molecular formula is C49H84F6N10O5. The standard InChI is InChI=1S/C18H20F6N6O.C12H23NO2.C11H21NO2.C6H14N2.C2H6/c1-30-7-5-12(6-8-30)25-14-27-15(29-16(28-14)31-10-17(19,20)21)26-13-4-2-3-11(9-13)18(22,23)24;1-12(2,3)15-11(14)9-10-5-7-13(4)8-6-10;1-11(2,3)14-10(13)8-9-4-6-12-7-5-9;1-8-4-2-6(7)3-5-8;1-2/h2-4,9,12H,5-8,10H2,1H3,(H2,25,26,27,28,29);10H,5-9H2,1-4H3;9,12H,4-8H2,1-3H3;6H,2-5,7H2,1H3;1-2H3. The minimum Gasteiger partial charge on any atom is -0.460 e. The highest BCUT2D eigenvalue weighted by Gasteiger charge is 2.32. The average Bonchev–Trinajstić information content (AvgIpc) is 3.26. The molecule has 4 aliphatic rings. The van der Waals surface area contributed by atoms with Crippen LogP contribution >= 0.6 is 0 Å². The van der Waals surface area contributed by atoms with Crippen molar-refractivity contribution in [2.24, 2.45) is 17.6 Å². The predicted molar refractivity (Wildman–Crippen MR) is 263 cm³/mol. The molecule has 0 spiro atoms. The van der Waals surface area contributed by atoms with Gasteiger partial charge < -0.3 is 50.6 Å². The van der Waals surface area contributed by atoms with E-state index in [4.69, 9.17) is 15.2 Å². The van der Waals surface area contributed by atoms with Crippen molar-refractivity contribution in [1.29, 1.82) is 0 Å². The molecule has 0 amide bonds. The number of carbonyl (C=O) groups excluding carboxylic acids is 2. The normalized spacial score (nSPS) is 18.5. The van der Waals surface area contributed by atoms with Gasteiger partial charge in [-0.3, -0.25) is 9.59 Å². The van der Waals surface area contributed by atoms with Gasteiger partial charge in [0.15, 0.2) is 6.61 Å². The second-order valence-corrected chi connectivity index (χ2v) is 20.3. The van der Waals surface area contributed by atoms with Crippen molar-refractivity contribution in [2.45, 2.75) is 155 Å². The molecule has 6 rings (SSSR count). The number of hydrogen-bond donors (Lipinski definition) is 4. The maximum Gasteiger partial charge on any atom is 0.422 e. The first-order chi connectivity index (χ1) is 32.6. The van der Waals surface area contributed by atoms with Crippen LogP contribution in [-0.4, -0.2) is 151 Å². The summed E-state index contributed by atoms with van der Waals surface area (Å²) in [4.78, 5) is 41.5. The Kier molecular flexibility index (Phi) is 26.7. The number of ether oxygens (including phenoxy) is 3. The first-order valence-electron chi connectivity index (χ1n) is 24.7. The van der Waals surface area contributed by atoms with Crippen LogP contribution in [0.25, 0.3) is 0 Å². The third-order valence-corrected chi connectivity index (χ3v) is 11.3. The van der Waals surface area contributed by atoms with E-state index in [-0.39, 0.29) is 46.8 Å². The highest BCUT2D eigenvalue weighted by atomic mass is 19.4. The van der Waals surface area contributed by atoms with Gasteiger partial charge in [0.2, 0.25) is 11.9 Å². The number of benzene rings is 1. The molecule has 15 nitrogen and oxygen atoms in total. The lowest BCUT2D eigenvalue weighted by atomic mass is 9.94. The third kappa shape index (κ3) is 28.7. The quantitative estimate of drug-likeness (QED) is 0.131. The van der Waals surface area contributed by atoms with Gasteiger partial charge in [-0.2, -0.15) is 41.3 Å². The molecule has 0 aliphatic carbocycles. The molecule has 402 valence electrons. The summed E-state index contributed by atoms with van der Waals surface area (Å²) in [5.41, 5.74) is 4.09. The van der Waals surface area contributed by atoms with Crippen molar-refractivity contribution in [3.63, 3.8) is 0 Å². The Morgan fingerprint density at radius 1 is 0.686 bits per heavy atom. The summed E-state index contributed by atoms with van der Waals surface area (Å²) in [6, 6.07) is 4.12. The zero-order chi connectivity index (χ0) is 52.7. The molecule has 4 fully saturated rings. The minimum atomic E-state index is -4.61. The molecule has 0 unspecified atom stereocenters. The van der Waals surface area contributed by atoms with Crippen molar-refractivity contribution < 1.29 is 50.1 Å². The van der Waals surface area contributed by atoms with E-state index >= 15 is 0 Å². The SMILES string of the molecule is CC.CC(C)(C)OC(=O)CC1CCNCC1.CN1CCC(CC(=O)OC(C)(C)C)CC1.CN1CCC(N)CC1.CN1CCC(Nc2nc(Nc3cccc(C(F)(F)F)c3)nc(OCC(F)(F)F)n2)CC1. The number of esters is 2. The summed E-state index contributed by atoms with van der Waals surface area (Å²) < 4.78 is 91.5. The van der Waals surface area contributed by atoms with E-state index in [1.807, 2.05) is 62.4 Å². The van der Waals surface area contributed by atoms with Crippen LogP contribution in [-0.2, 0) is 25.2 Å². The van der Waals surface area contributed by atoms with Gasteiger partial charge in [0.1, 0.15) is 11.2 Å². The summed E-state index contributed by atoms with van der Waals surface area (Å²) in [5.74, 6) is 0.668. The van der Waals surface area contributed by atoms with E-state index in [1.165, 1.54) is 38.1 Å². The predicted octanol–water partition coefficient (Wildman–Crippen LogP) is 8.92. The van der Waals surface area contributed by atoms with Crippen molar-refractivity contribution in [1.82, 2.24) is 35.0 Å². The van der Waals surface area contributed by atoms with Crippen molar-refractivity contribution >= 4 is 29.5 Å². The van der Waals surface area contributed by atoms with Crippen LogP contribution < -0.4 is 26.4 Å². The number of rotatable bonds is 10. The number of nitrogens with two attached hydrogens (primary N) is 1. The molecule has 0 radical (unpaired) electrons. The summed E-state index contributed by atoms with van der Waals surface area (Å²) in [5, 5.41) is 8.88. The Labute approximate surface area is 413 Å². The average molecular weight is 1010 g/mol. The van der Waals surface area contributed by atoms with Gasteiger partial charge in [0.25, 0.3) is 0 Å². The number of nitrogens with zero attached hydrogens (tertiary/aromatic N) is 6.